The van der Waals surface area contributed by atoms with Crippen LogP contribution in [0.3, 0.4) is 0 Å². The standard InChI is InChI=1S/C13H11N5O3S/c19-12(9-22-13-14-5-2-6-15-13)17-16-8-10-3-1-4-11(7-10)18(20)21/h1-8H,9H2,(H,17,19)/b16-8-. The molecule has 2 rings (SSSR count). The number of rotatable bonds is 6. The molecule has 0 aliphatic rings. The second kappa shape index (κ2) is 7.84. The molecule has 0 bridgehead atoms. The zero-order valence-corrected chi connectivity index (χ0v) is 12.1. The van der Waals surface area contributed by atoms with Crippen molar-refractivity contribution >= 4 is 29.6 Å². The largest absolute Gasteiger partial charge is 0.272 e. The first kappa shape index (κ1) is 15.6. The Hall–Kier alpha value is -2.81. The van der Waals surface area contributed by atoms with Crippen LogP contribution < -0.4 is 5.43 Å². The number of aromatic nitrogens is 2. The topological polar surface area (TPSA) is 110 Å². The molecule has 112 valence electrons. The first-order valence-corrected chi connectivity index (χ1v) is 7.10. The zero-order valence-electron chi connectivity index (χ0n) is 11.2. The van der Waals surface area contributed by atoms with Crippen molar-refractivity contribution in [2.45, 2.75) is 5.16 Å². The van der Waals surface area contributed by atoms with Crippen molar-refractivity contribution in [1.82, 2.24) is 15.4 Å². The number of carbonyl (C=O) groups is 1. The van der Waals surface area contributed by atoms with Crippen LogP contribution in [0, 0.1) is 10.1 Å². The van der Waals surface area contributed by atoms with E-state index < -0.39 is 4.92 Å². The molecule has 0 saturated carbocycles. The molecule has 1 amide bonds. The number of nitro groups is 1. The van der Waals surface area contributed by atoms with Gasteiger partial charge >= 0.3 is 0 Å². The average Bonchev–Trinajstić information content (AvgIpc) is 2.54. The molecule has 0 radical (unpaired) electrons. The van der Waals surface area contributed by atoms with Gasteiger partial charge in [-0.15, -0.1) is 0 Å². The summed E-state index contributed by atoms with van der Waals surface area (Å²) in [5, 5.41) is 14.9. The summed E-state index contributed by atoms with van der Waals surface area (Å²) in [6, 6.07) is 7.63. The lowest BCUT2D eigenvalue weighted by Crippen LogP contribution is -2.19. The second-order valence-electron chi connectivity index (χ2n) is 3.97. The van der Waals surface area contributed by atoms with Crippen LogP contribution in [0.5, 0.6) is 0 Å². The van der Waals surface area contributed by atoms with Crippen molar-refractivity contribution in [1.29, 1.82) is 0 Å². The van der Waals surface area contributed by atoms with Crippen LogP contribution in [0.4, 0.5) is 5.69 Å². The monoisotopic (exact) mass is 317 g/mol. The molecule has 0 spiro atoms. The van der Waals surface area contributed by atoms with Crippen LogP contribution in [0.1, 0.15) is 5.56 Å². The van der Waals surface area contributed by atoms with E-state index in [9.17, 15) is 14.9 Å². The summed E-state index contributed by atoms with van der Waals surface area (Å²) in [5.74, 6) is -0.199. The highest BCUT2D eigenvalue weighted by molar-refractivity contribution is 7.99. The Morgan fingerprint density at radius 1 is 1.36 bits per heavy atom. The van der Waals surface area contributed by atoms with Gasteiger partial charge in [0.25, 0.3) is 11.6 Å². The van der Waals surface area contributed by atoms with Gasteiger partial charge in [0.05, 0.1) is 16.9 Å². The number of benzene rings is 1. The minimum absolute atomic E-state index is 0.0351. The average molecular weight is 317 g/mol. The fraction of sp³-hybridized carbons (Fsp3) is 0.0769. The lowest BCUT2D eigenvalue weighted by Gasteiger charge is -1.99. The highest BCUT2D eigenvalue weighted by atomic mass is 32.2. The molecule has 0 aliphatic carbocycles. The van der Waals surface area contributed by atoms with Gasteiger partial charge in [0.1, 0.15) is 0 Å². The van der Waals surface area contributed by atoms with E-state index in [4.69, 9.17) is 0 Å². The predicted octanol–water partition coefficient (Wildman–Crippen LogP) is 1.63. The van der Waals surface area contributed by atoms with Crippen LogP contribution in [0.2, 0.25) is 0 Å². The van der Waals surface area contributed by atoms with Crippen molar-refractivity contribution in [2.75, 3.05) is 5.75 Å². The number of amides is 1. The maximum Gasteiger partial charge on any atom is 0.270 e. The van der Waals surface area contributed by atoms with Crippen LogP contribution >= 0.6 is 11.8 Å². The molecule has 0 aliphatic heterocycles. The molecule has 0 fully saturated rings. The molecule has 9 heteroatoms. The van der Waals surface area contributed by atoms with Gasteiger partial charge in [-0.25, -0.2) is 15.4 Å². The van der Waals surface area contributed by atoms with Crippen molar-refractivity contribution in [2.24, 2.45) is 5.10 Å². The van der Waals surface area contributed by atoms with Crippen LogP contribution in [0.25, 0.3) is 0 Å². The van der Waals surface area contributed by atoms with Gasteiger partial charge in [-0.05, 0) is 6.07 Å². The Kier molecular flexibility index (Phi) is 5.55. The molecule has 8 nitrogen and oxygen atoms in total. The first-order valence-electron chi connectivity index (χ1n) is 6.11. The molecule has 1 aromatic carbocycles. The molecule has 2 aromatic rings. The third-order valence-electron chi connectivity index (χ3n) is 2.36. The van der Waals surface area contributed by atoms with Gasteiger partial charge in [-0.1, -0.05) is 23.9 Å². The van der Waals surface area contributed by atoms with Crippen molar-refractivity contribution in [3.8, 4) is 0 Å². The van der Waals surface area contributed by atoms with E-state index in [0.29, 0.717) is 10.7 Å². The fourth-order valence-corrected chi connectivity index (χ4v) is 2.02. The van der Waals surface area contributed by atoms with Crippen LogP contribution in [0.15, 0.2) is 53.0 Å². The van der Waals surface area contributed by atoms with Crippen LogP contribution in [-0.2, 0) is 4.79 Å². The number of nitro benzene ring substituents is 1. The lowest BCUT2D eigenvalue weighted by atomic mass is 10.2. The molecule has 1 aromatic heterocycles. The van der Waals surface area contributed by atoms with Crippen LogP contribution in [-0.4, -0.2) is 32.8 Å². The van der Waals surface area contributed by atoms with E-state index in [1.807, 2.05) is 0 Å². The Morgan fingerprint density at radius 3 is 2.86 bits per heavy atom. The SMILES string of the molecule is O=C(CSc1ncccn1)N/N=C\c1cccc([N+](=O)[O-])c1. The number of thioether (sulfide) groups is 1. The summed E-state index contributed by atoms with van der Waals surface area (Å²) >= 11 is 1.18. The summed E-state index contributed by atoms with van der Waals surface area (Å²) < 4.78 is 0. The minimum Gasteiger partial charge on any atom is -0.272 e. The minimum atomic E-state index is -0.494. The third-order valence-corrected chi connectivity index (χ3v) is 3.23. The molecular formula is C13H11N5O3S. The van der Waals surface area contributed by atoms with E-state index in [2.05, 4.69) is 20.5 Å². The predicted molar refractivity (Wildman–Crippen MR) is 81.6 cm³/mol. The molecular weight excluding hydrogens is 306 g/mol. The number of non-ortho nitro benzene ring substituents is 1. The highest BCUT2D eigenvalue weighted by Gasteiger charge is 2.05. The smallest absolute Gasteiger partial charge is 0.270 e. The summed E-state index contributed by atoms with van der Waals surface area (Å²) in [6.07, 6.45) is 4.52. The molecule has 0 saturated heterocycles. The van der Waals surface area contributed by atoms with E-state index in [0.717, 1.165) is 0 Å². The zero-order chi connectivity index (χ0) is 15.8. The third kappa shape index (κ3) is 4.94. The number of hydrogen-bond donors (Lipinski definition) is 1. The summed E-state index contributed by atoms with van der Waals surface area (Å²) in [5.41, 5.74) is 2.82. The van der Waals surface area contributed by atoms with E-state index >= 15 is 0 Å². The maximum absolute atomic E-state index is 11.6. The Balaban J connectivity index is 1.83. The van der Waals surface area contributed by atoms with Gasteiger partial charge in [0, 0.05) is 30.1 Å². The quantitative estimate of drug-likeness (QED) is 0.285. The second-order valence-corrected chi connectivity index (χ2v) is 4.91. The molecule has 22 heavy (non-hydrogen) atoms. The van der Waals surface area contributed by atoms with Gasteiger partial charge < -0.3 is 0 Å². The molecule has 1 heterocycles. The Morgan fingerprint density at radius 2 is 2.14 bits per heavy atom. The number of carbonyl (C=O) groups excluding carboxylic acids is 1. The highest BCUT2D eigenvalue weighted by Crippen LogP contribution is 2.11. The van der Waals surface area contributed by atoms with Crippen molar-refractivity contribution in [3.63, 3.8) is 0 Å². The summed E-state index contributed by atoms with van der Waals surface area (Å²) in [6.45, 7) is 0. The molecule has 0 unspecified atom stereocenters. The summed E-state index contributed by atoms with van der Waals surface area (Å²) in [4.78, 5) is 29.7. The first-order chi connectivity index (χ1) is 10.6. The van der Waals surface area contributed by atoms with Gasteiger partial charge in [-0.3, -0.25) is 14.9 Å². The Bertz CT molecular complexity index is 693. The number of nitrogens with one attached hydrogen (secondary N) is 1. The molecule has 1 N–H and O–H groups in total. The fourth-order valence-electron chi connectivity index (χ4n) is 1.42. The van der Waals surface area contributed by atoms with E-state index in [1.54, 1.807) is 30.6 Å². The van der Waals surface area contributed by atoms with E-state index in [1.165, 1.54) is 30.1 Å². The van der Waals surface area contributed by atoms with E-state index in [-0.39, 0.29) is 17.3 Å². The van der Waals surface area contributed by atoms with Crippen molar-refractivity contribution in [3.05, 3.63) is 58.4 Å². The summed E-state index contributed by atoms with van der Waals surface area (Å²) in [7, 11) is 0. The number of hydrogen-bond acceptors (Lipinski definition) is 7. The van der Waals surface area contributed by atoms with Crippen molar-refractivity contribution < 1.29 is 9.72 Å². The maximum atomic E-state index is 11.6. The lowest BCUT2D eigenvalue weighted by molar-refractivity contribution is -0.384. The normalized spacial score (nSPS) is 10.5. The van der Waals surface area contributed by atoms with Gasteiger partial charge in [0.2, 0.25) is 0 Å². The molecule has 0 atom stereocenters. The number of nitrogens with zero attached hydrogens (tertiary/aromatic N) is 4. The van der Waals surface area contributed by atoms with Gasteiger partial charge in [-0.2, -0.15) is 5.10 Å². The Labute approximate surface area is 129 Å². The number of hydrazone groups is 1. The van der Waals surface area contributed by atoms with Gasteiger partial charge in [0.15, 0.2) is 5.16 Å².